The van der Waals surface area contributed by atoms with E-state index in [0.29, 0.717) is 12.1 Å². The number of halogens is 6. The number of nitro benzene ring substituents is 1. The molecule has 0 bridgehead atoms. The summed E-state index contributed by atoms with van der Waals surface area (Å²) in [5.74, 6) is 0. The third-order valence-corrected chi connectivity index (χ3v) is 3.61. The molecule has 0 amide bonds. The Hall–Kier alpha value is -1.50. The average Bonchev–Trinajstić information content (AvgIpc) is 2.36. The minimum absolute atomic E-state index is 0.0782. The molecular weight excluding hydrogens is 366 g/mol. The average molecular weight is 371 g/mol. The van der Waals surface area contributed by atoms with Gasteiger partial charge in [0.2, 0.25) is 0 Å². The number of rotatable bonds is 2. The standard InChI is InChI=1S/C13H5Cl3F3NO2/c14-7-4-9(15)12(10(16)5-7)8-3-6(13(17,18)19)1-2-11(8)20(21)22/h1-5H. The molecule has 2 rings (SSSR count). The maximum absolute atomic E-state index is 12.8. The number of hydrogen-bond acceptors (Lipinski definition) is 2. The van der Waals surface area contributed by atoms with E-state index >= 15 is 0 Å². The Bertz CT molecular complexity index is 740. The zero-order chi connectivity index (χ0) is 16.7. The third kappa shape index (κ3) is 3.29. The second-order valence-corrected chi connectivity index (χ2v) is 5.48. The van der Waals surface area contributed by atoms with Gasteiger partial charge in [-0.3, -0.25) is 10.1 Å². The predicted molar refractivity (Wildman–Crippen MR) is 78.6 cm³/mol. The van der Waals surface area contributed by atoms with Crippen molar-refractivity contribution < 1.29 is 18.1 Å². The van der Waals surface area contributed by atoms with Crippen molar-refractivity contribution in [1.29, 1.82) is 0 Å². The molecule has 0 aliphatic rings. The van der Waals surface area contributed by atoms with E-state index in [4.69, 9.17) is 34.8 Å². The van der Waals surface area contributed by atoms with Crippen molar-refractivity contribution in [3.8, 4) is 11.1 Å². The molecule has 3 nitrogen and oxygen atoms in total. The van der Waals surface area contributed by atoms with Crippen molar-refractivity contribution in [3.05, 3.63) is 61.1 Å². The van der Waals surface area contributed by atoms with Crippen LogP contribution in [0.25, 0.3) is 11.1 Å². The molecule has 0 spiro atoms. The minimum Gasteiger partial charge on any atom is -0.258 e. The SMILES string of the molecule is O=[N+]([O-])c1ccc(C(F)(F)F)cc1-c1c(Cl)cc(Cl)cc1Cl. The Kier molecular flexibility index (Phi) is 4.56. The summed E-state index contributed by atoms with van der Waals surface area (Å²) in [5.41, 5.74) is -1.99. The maximum atomic E-state index is 12.8. The summed E-state index contributed by atoms with van der Waals surface area (Å²) in [7, 11) is 0. The minimum atomic E-state index is -4.66. The van der Waals surface area contributed by atoms with Crippen LogP contribution in [-0.4, -0.2) is 4.92 Å². The topological polar surface area (TPSA) is 43.1 Å². The number of nitro groups is 1. The van der Waals surface area contributed by atoms with Crippen LogP contribution in [0.15, 0.2) is 30.3 Å². The number of alkyl halides is 3. The van der Waals surface area contributed by atoms with Gasteiger partial charge in [-0.05, 0) is 24.3 Å². The molecule has 0 aliphatic carbocycles. The highest BCUT2D eigenvalue weighted by Crippen LogP contribution is 2.43. The Morgan fingerprint density at radius 1 is 1.00 bits per heavy atom. The number of nitrogens with zero attached hydrogens (tertiary/aromatic N) is 1. The van der Waals surface area contributed by atoms with E-state index in [-0.39, 0.29) is 26.2 Å². The molecule has 0 aliphatic heterocycles. The summed E-state index contributed by atoms with van der Waals surface area (Å²) in [6, 6.07) is 4.51. The van der Waals surface area contributed by atoms with Gasteiger partial charge < -0.3 is 0 Å². The lowest BCUT2D eigenvalue weighted by molar-refractivity contribution is -0.384. The Morgan fingerprint density at radius 3 is 2.00 bits per heavy atom. The van der Waals surface area contributed by atoms with Gasteiger partial charge in [0, 0.05) is 16.7 Å². The van der Waals surface area contributed by atoms with Crippen LogP contribution in [0.2, 0.25) is 15.1 Å². The highest BCUT2D eigenvalue weighted by Gasteiger charge is 2.33. The first-order valence-corrected chi connectivity index (χ1v) is 6.75. The molecule has 116 valence electrons. The van der Waals surface area contributed by atoms with Gasteiger partial charge in [-0.1, -0.05) is 34.8 Å². The molecule has 0 saturated carbocycles. The van der Waals surface area contributed by atoms with Crippen LogP contribution in [0.3, 0.4) is 0 Å². The van der Waals surface area contributed by atoms with Crippen LogP contribution >= 0.6 is 34.8 Å². The van der Waals surface area contributed by atoms with E-state index < -0.39 is 22.4 Å². The number of hydrogen-bond donors (Lipinski definition) is 0. The maximum Gasteiger partial charge on any atom is 0.416 e. The van der Waals surface area contributed by atoms with E-state index in [2.05, 4.69) is 0 Å². The van der Waals surface area contributed by atoms with Crippen molar-refractivity contribution in [2.75, 3.05) is 0 Å². The molecule has 9 heteroatoms. The van der Waals surface area contributed by atoms with E-state index in [9.17, 15) is 23.3 Å². The van der Waals surface area contributed by atoms with Crippen molar-refractivity contribution in [2.45, 2.75) is 6.18 Å². The highest BCUT2D eigenvalue weighted by molar-refractivity contribution is 6.42. The van der Waals surface area contributed by atoms with Crippen LogP contribution in [0.4, 0.5) is 18.9 Å². The second kappa shape index (κ2) is 5.95. The normalized spacial score (nSPS) is 11.5. The summed E-state index contributed by atoms with van der Waals surface area (Å²) in [6.45, 7) is 0. The van der Waals surface area contributed by atoms with Gasteiger partial charge >= 0.3 is 6.18 Å². The number of benzene rings is 2. The Balaban J connectivity index is 2.80. The molecule has 0 heterocycles. The van der Waals surface area contributed by atoms with E-state index in [1.807, 2.05) is 0 Å². The molecule has 2 aromatic rings. The van der Waals surface area contributed by atoms with Crippen LogP contribution in [0, 0.1) is 10.1 Å². The van der Waals surface area contributed by atoms with Crippen molar-refractivity contribution in [2.24, 2.45) is 0 Å². The van der Waals surface area contributed by atoms with Crippen LogP contribution in [0.1, 0.15) is 5.56 Å². The first-order valence-electron chi connectivity index (χ1n) is 5.62. The second-order valence-electron chi connectivity index (χ2n) is 4.23. The summed E-state index contributed by atoms with van der Waals surface area (Å²) < 4.78 is 38.5. The molecule has 22 heavy (non-hydrogen) atoms. The third-order valence-electron chi connectivity index (χ3n) is 2.80. The molecule has 2 aromatic carbocycles. The lowest BCUT2D eigenvalue weighted by atomic mass is 10.0. The van der Waals surface area contributed by atoms with Gasteiger partial charge in [-0.2, -0.15) is 13.2 Å². The van der Waals surface area contributed by atoms with E-state index in [1.165, 1.54) is 12.1 Å². The molecule has 0 unspecified atom stereocenters. The first kappa shape index (κ1) is 16.9. The smallest absolute Gasteiger partial charge is 0.258 e. The van der Waals surface area contributed by atoms with Crippen LogP contribution < -0.4 is 0 Å². The molecular formula is C13H5Cl3F3NO2. The fourth-order valence-electron chi connectivity index (χ4n) is 1.87. The van der Waals surface area contributed by atoms with Crippen molar-refractivity contribution in [1.82, 2.24) is 0 Å². The molecule has 0 N–H and O–H groups in total. The zero-order valence-corrected chi connectivity index (χ0v) is 12.7. The van der Waals surface area contributed by atoms with Crippen molar-refractivity contribution >= 4 is 40.5 Å². The monoisotopic (exact) mass is 369 g/mol. The molecule has 0 saturated heterocycles. The quantitative estimate of drug-likeness (QED) is 0.464. The lowest BCUT2D eigenvalue weighted by Crippen LogP contribution is -2.06. The molecule has 0 fully saturated rings. The summed E-state index contributed by atoms with van der Waals surface area (Å²) in [4.78, 5) is 10.2. The first-order chi connectivity index (χ1) is 10.1. The Morgan fingerprint density at radius 2 is 1.55 bits per heavy atom. The molecule has 0 radical (unpaired) electrons. The summed E-state index contributed by atoms with van der Waals surface area (Å²) in [6.07, 6.45) is -4.66. The zero-order valence-electron chi connectivity index (χ0n) is 10.4. The lowest BCUT2D eigenvalue weighted by Gasteiger charge is -2.12. The van der Waals surface area contributed by atoms with Gasteiger partial charge in [0.1, 0.15) is 0 Å². The van der Waals surface area contributed by atoms with Gasteiger partial charge in [-0.15, -0.1) is 0 Å². The van der Waals surface area contributed by atoms with Gasteiger partial charge in [-0.25, -0.2) is 0 Å². The van der Waals surface area contributed by atoms with Crippen LogP contribution in [-0.2, 0) is 6.18 Å². The molecule has 0 atom stereocenters. The van der Waals surface area contributed by atoms with Crippen LogP contribution in [0.5, 0.6) is 0 Å². The van der Waals surface area contributed by atoms with Gasteiger partial charge in [0.25, 0.3) is 5.69 Å². The largest absolute Gasteiger partial charge is 0.416 e. The fraction of sp³-hybridized carbons (Fsp3) is 0.0769. The summed E-state index contributed by atoms with van der Waals surface area (Å²) >= 11 is 17.6. The molecule has 0 aromatic heterocycles. The predicted octanol–water partition coefficient (Wildman–Crippen LogP) is 6.24. The van der Waals surface area contributed by atoms with E-state index in [0.717, 1.165) is 6.07 Å². The van der Waals surface area contributed by atoms with Crippen molar-refractivity contribution in [3.63, 3.8) is 0 Å². The fourth-order valence-corrected chi connectivity index (χ4v) is 2.89. The summed E-state index contributed by atoms with van der Waals surface area (Å²) in [5, 5.41) is 11.1. The highest BCUT2D eigenvalue weighted by atomic mass is 35.5. The van der Waals surface area contributed by atoms with Gasteiger partial charge in [0.05, 0.1) is 26.1 Å². The van der Waals surface area contributed by atoms with E-state index in [1.54, 1.807) is 0 Å². The van der Waals surface area contributed by atoms with Gasteiger partial charge in [0.15, 0.2) is 0 Å². The Labute approximate surface area is 137 Å².